The highest BCUT2D eigenvalue weighted by molar-refractivity contribution is 5.81. The van der Waals surface area contributed by atoms with Crippen LogP contribution in [0.2, 0.25) is 0 Å². The van der Waals surface area contributed by atoms with E-state index in [1.165, 1.54) is 6.33 Å². The van der Waals surface area contributed by atoms with E-state index >= 15 is 0 Å². The van der Waals surface area contributed by atoms with Crippen molar-refractivity contribution >= 4 is 17.0 Å². The highest BCUT2D eigenvalue weighted by Gasteiger charge is 2.46. The Hall–Kier alpha value is -1.81. The van der Waals surface area contributed by atoms with Crippen molar-refractivity contribution in [2.45, 2.75) is 70.9 Å². The number of nitrogens with two attached hydrogens (primary N) is 1. The second-order valence-corrected chi connectivity index (χ2v) is 7.71. The minimum Gasteiger partial charge on any atom is -0.386 e. The SMILES string of the molecule is CC(C)O[C@H]1[C@@H](O)[C@H](n2cnc3c(N)ncnc32)O[C@@H]1COC(C)(C)C. The molecule has 1 fully saturated rings. The Morgan fingerprint density at radius 2 is 2.04 bits per heavy atom. The number of fused-ring (bicyclic) bond motifs is 1. The van der Waals surface area contributed by atoms with Gasteiger partial charge in [-0.1, -0.05) is 0 Å². The molecule has 1 aliphatic rings. The summed E-state index contributed by atoms with van der Waals surface area (Å²) in [7, 11) is 0. The van der Waals surface area contributed by atoms with Crippen LogP contribution in [0.25, 0.3) is 11.2 Å². The van der Waals surface area contributed by atoms with Gasteiger partial charge in [0.2, 0.25) is 0 Å². The first-order valence-electron chi connectivity index (χ1n) is 8.73. The van der Waals surface area contributed by atoms with Crippen molar-refractivity contribution in [3.05, 3.63) is 12.7 Å². The fraction of sp³-hybridized carbons (Fsp3) is 0.706. The molecular weight excluding hydrogens is 338 g/mol. The van der Waals surface area contributed by atoms with Crippen LogP contribution < -0.4 is 5.73 Å². The Balaban J connectivity index is 1.88. The number of ether oxygens (including phenoxy) is 3. The third kappa shape index (κ3) is 3.80. The fourth-order valence-corrected chi connectivity index (χ4v) is 2.95. The zero-order valence-corrected chi connectivity index (χ0v) is 15.8. The lowest BCUT2D eigenvalue weighted by Crippen LogP contribution is -2.39. The predicted molar refractivity (Wildman–Crippen MR) is 95.4 cm³/mol. The van der Waals surface area contributed by atoms with E-state index < -0.39 is 24.5 Å². The molecule has 0 amide bonds. The van der Waals surface area contributed by atoms with E-state index in [-0.39, 0.29) is 17.5 Å². The van der Waals surface area contributed by atoms with Crippen molar-refractivity contribution in [2.75, 3.05) is 12.3 Å². The van der Waals surface area contributed by atoms with Gasteiger partial charge in [0.05, 0.1) is 24.6 Å². The largest absolute Gasteiger partial charge is 0.386 e. The number of anilines is 1. The van der Waals surface area contributed by atoms with Crippen molar-refractivity contribution in [3.63, 3.8) is 0 Å². The Bertz CT molecular complexity index is 757. The van der Waals surface area contributed by atoms with Crippen molar-refractivity contribution in [1.29, 1.82) is 0 Å². The van der Waals surface area contributed by atoms with Gasteiger partial charge < -0.3 is 25.1 Å². The molecule has 0 spiro atoms. The Labute approximate surface area is 152 Å². The van der Waals surface area contributed by atoms with E-state index in [1.807, 2.05) is 34.6 Å². The smallest absolute Gasteiger partial charge is 0.167 e. The third-order valence-electron chi connectivity index (χ3n) is 4.08. The molecule has 1 saturated heterocycles. The lowest BCUT2D eigenvalue weighted by molar-refractivity contribution is -0.115. The monoisotopic (exact) mass is 365 g/mol. The van der Waals surface area contributed by atoms with Crippen LogP contribution in [0.4, 0.5) is 5.82 Å². The second-order valence-electron chi connectivity index (χ2n) is 7.71. The average Bonchev–Trinajstić information content (AvgIpc) is 3.08. The Morgan fingerprint density at radius 1 is 1.31 bits per heavy atom. The molecule has 0 aromatic carbocycles. The van der Waals surface area contributed by atoms with Crippen LogP contribution in [-0.4, -0.2) is 61.2 Å². The molecule has 9 nitrogen and oxygen atoms in total. The van der Waals surface area contributed by atoms with E-state index in [4.69, 9.17) is 19.9 Å². The Morgan fingerprint density at radius 3 is 2.69 bits per heavy atom. The standard InChI is InChI=1S/C17H27N5O4/c1-9(2)25-13-10(6-24-17(3,4)5)26-16(12(13)23)22-8-21-11-14(18)19-7-20-15(11)22/h7-10,12-13,16,23H,6H2,1-5H3,(H2,18,19,20)/t10-,12-,13-,16-/m1/s1. The Kier molecular flexibility index (Phi) is 5.16. The summed E-state index contributed by atoms with van der Waals surface area (Å²) >= 11 is 0. The number of aromatic nitrogens is 4. The van der Waals surface area contributed by atoms with Crippen LogP contribution >= 0.6 is 0 Å². The van der Waals surface area contributed by atoms with Crippen molar-refractivity contribution < 1.29 is 19.3 Å². The molecule has 4 atom stereocenters. The summed E-state index contributed by atoms with van der Waals surface area (Å²) in [5.74, 6) is 0.281. The van der Waals surface area contributed by atoms with Crippen LogP contribution in [0, 0.1) is 0 Å². The molecule has 0 bridgehead atoms. The molecule has 0 unspecified atom stereocenters. The lowest BCUT2D eigenvalue weighted by Gasteiger charge is -2.26. The highest BCUT2D eigenvalue weighted by Crippen LogP contribution is 2.34. The number of aliphatic hydroxyl groups excluding tert-OH is 1. The van der Waals surface area contributed by atoms with Gasteiger partial charge in [-0.25, -0.2) is 15.0 Å². The summed E-state index contributed by atoms with van der Waals surface area (Å²) in [5.41, 5.74) is 6.50. The number of imidazole rings is 1. The molecule has 26 heavy (non-hydrogen) atoms. The van der Waals surface area contributed by atoms with Crippen LogP contribution in [-0.2, 0) is 14.2 Å². The maximum atomic E-state index is 10.9. The summed E-state index contributed by atoms with van der Waals surface area (Å²) in [4.78, 5) is 12.4. The minimum absolute atomic E-state index is 0.0633. The summed E-state index contributed by atoms with van der Waals surface area (Å²) in [5, 5.41) is 10.9. The zero-order valence-electron chi connectivity index (χ0n) is 15.8. The van der Waals surface area contributed by atoms with E-state index in [0.717, 1.165) is 0 Å². The summed E-state index contributed by atoms with van der Waals surface area (Å²) in [6, 6.07) is 0. The molecule has 1 aliphatic heterocycles. The molecule has 2 aromatic heterocycles. The summed E-state index contributed by atoms with van der Waals surface area (Å²) in [6.07, 6.45) is 0.285. The molecule has 3 N–H and O–H groups in total. The second kappa shape index (κ2) is 7.07. The maximum Gasteiger partial charge on any atom is 0.167 e. The molecule has 3 heterocycles. The highest BCUT2D eigenvalue weighted by atomic mass is 16.6. The van der Waals surface area contributed by atoms with Gasteiger partial charge in [-0.05, 0) is 34.6 Å². The van der Waals surface area contributed by atoms with Gasteiger partial charge in [-0.3, -0.25) is 4.57 Å². The number of hydrogen-bond donors (Lipinski definition) is 2. The van der Waals surface area contributed by atoms with Crippen LogP contribution in [0.1, 0.15) is 40.8 Å². The molecule has 9 heteroatoms. The van der Waals surface area contributed by atoms with E-state index in [0.29, 0.717) is 17.8 Å². The third-order valence-corrected chi connectivity index (χ3v) is 4.08. The number of aliphatic hydroxyl groups is 1. The summed E-state index contributed by atoms with van der Waals surface area (Å²) < 4.78 is 19.5. The van der Waals surface area contributed by atoms with Crippen LogP contribution in [0.15, 0.2) is 12.7 Å². The molecule has 2 aromatic rings. The van der Waals surface area contributed by atoms with Crippen LogP contribution in [0.3, 0.4) is 0 Å². The predicted octanol–water partition coefficient (Wildman–Crippen LogP) is 1.28. The first-order chi connectivity index (χ1) is 12.2. The van der Waals surface area contributed by atoms with Gasteiger partial charge in [0, 0.05) is 0 Å². The van der Waals surface area contributed by atoms with Crippen molar-refractivity contribution in [2.24, 2.45) is 0 Å². The molecular formula is C17H27N5O4. The topological polar surface area (TPSA) is 118 Å². The fourth-order valence-electron chi connectivity index (χ4n) is 2.95. The van der Waals surface area contributed by atoms with E-state index in [9.17, 15) is 5.11 Å². The number of hydrogen-bond acceptors (Lipinski definition) is 8. The molecule has 0 radical (unpaired) electrons. The van der Waals surface area contributed by atoms with Crippen molar-refractivity contribution in [3.8, 4) is 0 Å². The van der Waals surface area contributed by atoms with Crippen molar-refractivity contribution in [1.82, 2.24) is 19.5 Å². The van der Waals surface area contributed by atoms with Gasteiger partial charge in [0.1, 0.15) is 30.2 Å². The van der Waals surface area contributed by atoms with E-state index in [2.05, 4.69) is 15.0 Å². The summed E-state index contributed by atoms with van der Waals surface area (Å²) in [6.45, 7) is 10.1. The van der Waals surface area contributed by atoms with Gasteiger partial charge in [0.15, 0.2) is 17.7 Å². The normalized spacial score (nSPS) is 26.9. The van der Waals surface area contributed by atoms with E-state index in [1.54, 1.807) is 10.9 Å². The maximum absolute atomic E-state index is 10.9. The minimum atomic E-state index is -0.903. The van der Waals surface area contributed by atoms with Gasteiger partial charge >= 0.3 is 0 Å². The molecule has 144 valence electrons. The zero-order chi connectivity index (χ0) is 19.1. The lowest BCUT2D eigenvalue weighted by atomic mass is 10.1. The first kappa shape index (κ1) is 19.0. The van der Waals surface area contributed by atoms with Crippen LogP contribution in [0.5, 0.6) is 0 Å². The quantitative estimate of drug-likeness (QED) is 0.813. The first-order valence-corrected chi connectivity index (χ1v) is 8.73. The molecule has 0 saturated carbocycles. The number of rotatable bonds is 5. The van der Waals surface area contributed by atoms with Gasteiger partial charge in [-0.2, -0.15) is 0 Å². The number of nitrogen functional groups attached to an aromatic ring is 1. The number of nitrogens with zero attached hydrogens (tertiary/aromatic N) is 4. The van der Waals surface area contributed by atoms with Gasteiger partial charge in [0.25, 0.3) is 0 Å². The molecule has 0 aliphatic carbocycles. The molecule has 3 rings (SSSR count). The average molecular weight is 365 g/mol. The van der Waals surface area contributed by atoms with Gasteiger partial charge in [-0.15, -0.1) is 0 Å².